The highest BCUT2D eigenvalue weighted by Gasteiger charge is 2.25. The number of rotatable bonds is 10. The lowest BCUT2D eigenvalue weighted by atomic mass is 10.2. The number of carbonyl (C=O) groups excluding carboxylic acids is 2. The van der Waals surface area contributed by atoms with E-state index in [1.54, 1.807) is 18.2 Å². The molecule has 1 aliphatic heterocycles. The molecule has 2 heterocycles. The normalized spacial score (nSPS) is 16.1. The number of likely N-dealkylation sites (tertiary alicyclic amines) is 1. The Balaban J connectivity index is 1.10. The highest BCUT2D eigenvalue weighted by Crippen LogP contribution is 2.35. The maximum Gasteiger partial charge on any atom is 0.263 e. The first-order valence-corrected chi connectivity index (χ1v) is 14.0. The Labute approximate surface area is 230 Å². The van der Waals surface area contributed by atoms with Crippen LogP contribution in [0, 0.1) is 0 Å². The molecule has 2 N–H and O–H groups in total. The SMILES string of the molecule is O=C(/C=C/c1ccc(Cl)c(Cl)c1)NCCCCCN1CC[C@H](NC(=O)c2sc3ccccc3c2Cl)C1. The molecular formula is C27H28Cl3N3O2S. The molecule has 9 heteroatoms. The molecule has 1 atom stereocenters. The van der Waals surface area contributed by atoms with Crippen molar-refractivity contribution >= 4 is 74.1 Å². The van der Waals surface area contributed by atoms with Gasteiger partial charge in [-0.1, -0.05) is 65.5 Å². The van der Waals surface area contributed by atoms with Gasteiger partial charge in [0.25, 0.3) is 5.91 Å². The van der Waals surface area contributed by atoms with Gasteiger partial charge >= 0.3 is 0 Å². The van der Waals surface area contributed by atoms with E-state index in [2.05, 4.69) is 15.5 Å². The van der Waals surface area contributed by atoms with Crippen LogP contribution in [-0.2, 0) is 4.79 Å². The first kappa shape index (κ1) is 27.0. The van der Waals surface area contributed by atoms with Gasteiger partial charge in [-0.15, -0.1) is 11.3 Å². The van der Waals surface area contributed by atoms with Crippen molar-refractivity contribution in [2.45, 2.75) is 31.7 Å². The lowest BCUT2D eigenvalue weighted by Crippen LogP contribution is -2.37. The summed E-state index contributed by atoms with van der Waals surface area (Å²) in [7, 11) is 0. The summed E-state index contributed by atoms with van der Waals surface area (Å²) in [6, 6.07) is 13.2. The van der Waals surface area contributed by atoms with Crippen molar-refractivity contribution in [2.75, 3.05) is 26.2 Å². The van der Waals surface area contributed by atoms with Gasteiger partial charge in [-0.2, -0.15) is 0 Å². The van der Waals surface area contributed by atoms with E-state index in [0.29, 0.717) is 26.5 Å². The smallest absolute Gasteiger partial charge is 0.263 e. The number of amides is 2. The fraction of sp³-hybridized carbons (Fsp3) is 0.333. The van der Waals surface area contributed by atoms with Crippen LogP contribution in [0.4, 0.5) is 0 Å². The maximum atomic E-state index is 12.8. The van der Waals surface area contributed by atoms with Crippen LogP contribution in [0.2, 0.25) is 15.1 Å². The molecule has 36 heavy (non-hydrogen) atoms. The fourth-order valence-electron chi connectivity index (χ4n) is 4.26. The number of hydrogen-bond donors (Lipinski definition) is 2. The summed E-state index contributed by atoms with van der Waals surface area (Å²) in [4.78, 5) is 27.8. The van der Waals surface area contributed by atoms with Crippen LogP contribution in [0.5, 0.6) is 0 Å². The molecule has 5 nitrogen and oxygen atoms in total. The predicted molar refractivity (Wildman–Crippen MR) is 152 cm³/mol. The van der Waals surface area contributed by atoms with Crippen molar-refractivity contribution in [1.82, 2.24) is 15.5 Å². The van der Waals surface area contributed by atoms with Gasteiger partial charge < -0.3 is 15.5 Å². The Morgan fingerprint density at radius 2 is 1.89 bits per heavy atom. The Hall–Kier alpha value is -2.09. The van der Waals surface area contributed by atoms with Crippen molar-refractivity contribution < 1.29 is 9.59 Å². The van der Waals surface area contributed by atoms with Crippen LogP contribution < -0.4 is 10.6 Å². The summed E-state index contributed by atoms with van der Waals surface area (Å²) in [6.07, 6.45) is 7.17. The van der Waals surface area contributed by atoms with Crippen LogP contribution in [0.1, 0.15) is 40.9 Å². The van der Waals surface area contributed by atoms with Gasteiger partial charge in [-0.3, -0.25) is 9.59 Å². The molecule has 0 radical (unpaired) electrons. The molecule has 1 aromatic heterocycles. The van der Waals surface area contributed by atoms with Crippen LogP contribution in [0.25, 0.3) is 16.2 Å². The Morgan fingerprint density at radius 1 is 1.06 bits per heavy atom. The number of nitrogens with zero attached hydrogens (tertiary/aromatic N) is 1. The monoisotopic (exact) mass is 563 g/mol. The quantitative estimate of drug-likeness (QED) is 0.214. The van der Waals surface area contributed by atoms with E-state index in [1.165, 1.54) is 17.4 Å². The number of hydrogen-bond acceptors (Lipinski definition) is 4. The second kappa shape index (κ2) is 12.9. The van der Waals surface area contributed by atoms with Gasteiger partial charge in [-0.25, -0.2) is 0 Å². The van der Waals surface area contributed by atoms with Crippen molar-refractivity contribution in [1.29, 1.82) is 0 Å². The third kappa shape index (κ3) is 7.24. The zero-order valence-corrected chi connectivity index (χ0v) is 22.8. The number of benzene rings is 2. The lowest BCUT2D eigenvalue weighted by Gasteiger charge is -2.16. The number of thiophene rings is 1. The molecular weight excluding hydrogens is 537 g/mol. The van der Waals surface area contributed by atoms with E-state index in [9.17, 15) is 9.59 Å². The largest absolute Gasteiger partial charge is 0.353 e. The van der Waals surface area contributed by atoms with Crippen molar-refractivity contribution in [2.24, 2.45) is 0 Å². The molecule has 3 aromatic rings. The topological polar surface area (TPSA) is 61.4 Å². The Morgan fingerprint density at radius 3 is 2.69 bits per heavy atom. The van der Waals surface area contributed by atoms with Crippen molar-refractivity contribution in [3.05, 3.63) is 74.0 Å². The second-order valence-corrected chi connectivity index (χ2v) is 11.1. The van der Waals surface area contributed by atoms with E-state index < -0.39 is 0 Å². The van der Waals surface area contributed by atoms with E-state index >= 15 is 0 Å². The second-order valence-electron chi connectivity index (χ2n) is 8.86. The van der Waals surface area contributed by atoms with E-state index in [-0.39, 0.29) is 17.9 Å². The average Bonchev–Trinajstić information content (AvgIpc) is 3.46. The summed E-state index contributed by atoms with van der Waals surface area (Å²) in [5, 5.41) is 8.49. The molecule has 0 saturated carbocycles. The van der Waals surface area contributed by atoms with Gasteiger partial charge in [0.1, 0.15) is 4.88 Å². The standard InChI is InChI=1S/C27H28Cl3N3O2S/c28-21-10-8-18(16-22(21)29)9-11-24(34)31-13-4-1-5-14-33-15-12-19(17-33)32-27(35)26-25(30)20-6-2-3-7-23(20)36-26/h2-3,6-11,16,19H,1,4-5,12-15,17H2,(H,31,34)(H,32,35)/b11-9+/t19-/m0/s1. The summed E-state index contributed by atoms with van der Waals surface area (Å²) in [5.41, 5.74) is 0.826. The minimum atomic E-state index is -0.127. The number of carbonyl (C=O) groups is 2. The molecule has 190 valence electrons. The fourth-order valence-corrected chi connectivity index (χ4v) is 5.99. The van der Waals surface area contributed by atoms with Gasteiger partial charge in [0.05, 0.1) is 15.1 Å². The molecule has 0 aliphatic carbocycles. The number of unbranched alkanes of at least 4 members (excludes halogenated alkanes) is 2. The van der Waals surface area contributed by atoms with Crippen molar-refractivity contribution in [3.63, 3.8) is 0 Å². The van der Waals surface area contributed by atoms with Gasteiger partial charge in [0, 0.05) is 41.8 Å². The summed E-state index contributed by atoms with van der Waals surface area (Å²) < 4.78 is 1.03. The summed E-state index contributed by atoms with van der Waals surface area (Å²) >= 11 is 19.8. The minimum Gasteiger partial charge on any atom is -0.353 e. The van der Waals surface area contributed by atoms with Gasteiger partial charge in [0.15, 0.2) is 0 Å². The molecule has 2 aromatic carbocycles. The molecule has 1 aliphatic rings. The van der Waals surface area contributed by atoms with Crippen LogP contribution >= 0.6 is 46.1 Å². The first-order chi connectivity index (χ1) is 17.4. The zero-order valence-electron chi connectivity index (χ0n) is 19.7. The van der Waals surface area contributed by atoms with Crippen molar-refractivity contribution in [3.8, 4) is 0 Å². The van der Waals surface area contributed by atoms with E-state index in [1.807, 2.05) is 30.3 Å². The molecule has 0 unspecified atom stereocenters. The zero-order chi connectivity index (χ0) is 25.5. The molecule has 1 saturated heterocycles. The predicted octanol–water partition coefficient (Wildman–Crippen LogP) is 6.67. The minimum absolute atomic E-state index is 0.0861. The summed E-state index contributed by atoms with van der Waals surface area (Å²) in [6.45, 7) is 3.45. The van der Waals surface area contributed by atoms with Crippen LogP contribution in [0.3, 0.4) is 0 Å². The molecule has 0 spiro atoms. The number of nitrogens with one attached hydrogen (secondary N) is 2. The maximum absolute atomic E-state index is 12.8. The third-order valence-electron chi connectivity index (χ3n) is 6.17. The Bertz CT molecular complexity index is 1260. The Kier molecular flexibility index (Phi) is 9.68. The highest BCUT2D eigenvalue weighted by atomic mass is 35.5. The van der Waals surface area contributed by atoms with Crippen LogP contribution in [-0.4, -0.2) is 48.9 Å². The molecule has 4 rings (SSSR count). The molecule has 0 bridgehead atoms. The summed E-state index contributed by atoms with van der Waals surface area (Å²) in [5.74, 6) is -0.213. The number of fused-ring (bicyclic) bond motifs is 1. The highest BCUT2D eigenvalue weighted by molar-refractivity contribution is 7.21. The number of halogens is 3. The van der Waals surface area contributed by atoms with Crippen LogP contribution in [0.15, 0.2) is 48.5 Å². The lowest BCUT2D eigenvalue weighted by molar-refractivity contribution is -0.116. The van der Waals surface area contributed by atoms with E-state index in [0.717, 1.165) is 61.0 Å². The average molecular weight is 565 g/mol. The molecule has 1 fully saturated rings. The molecule has 2 amide bonds. The van der Waals surface area contributed by atoms with Gasteiger partial charge in [-0.05, 0) is 55.6 Å². The van der Waals surface area contributed by atoms with E-state index in [4.69, 9.17) is 34.8 Å². The third-order valence-corrected chi connectivity index (χ3v) is 8.58. The first-order valence-electron chi connectivity index (χ1n) is 12.0. The van der Waals surface area contributed by atoms with Gasteiger partial charge in [0.2, 0.25) is 5.91 Å².